The predicted octanol–water partition coefficient (Wildman–Crippen LogP) is 2.89. The van der Waals surface area contributed by atoms with Crippen molar-refractivity contribution >= 4 is 15.9 Å². The molecule has 0 aliphatic rings. The molecule has 1 nitrogen and oxygen atoms in total. The van der Waals surface area contributed by atoms with E-state index in [1.54, 1.807) is 12.1 Å². The van der Waals surface area contributed by atoms with E-state index >= 15 is 0 Å². The summed E-state index contributed by atoms with van der Waals surface area (Å²) in [4.78, 5) is 0. The smallest absolute Gasteiger partial charge is 0.228 e. The molecule has 0 bridgehead atoms. The lowest BCUT2D eigenvalue weighted by Gasteiger charge is -2.01. The van der Waals surface area contributed by atoms with Crippen LogP contribution in [0, 0.1) is 0 Å². The summed E-state index contributed by atoms with van der Waals surface area (Å²) in [5, 5.41) is 0.760. The molecule has 0 unspecified atom stereocenters. The van der Waals surface area contributed by atoms with Gasteiger partial charge in [-0.15, -0.1) is 0 Å². The average Bonchev–Trinajstić information content (AvgIpc) is 2.06. The fourth-order valence-electron chi connectivity index (χ4n) is 0.781. The second kappa shape index (κ2) is 4.34. The second-order valence-electron chi connectivity index (χ2n) is 2.03. The van der Waals surface area contributed by atoms with Crippen molar-refractivity contribution in [2.45, 2.75) is 5.33 Å². The maximum absolute atomic E-state index is 11.7. The fraction of sp³-hybridized carbons (Fsp3) is 0.250. The Labute approximate surface area is 73.3 Å². The number of halogens is 2. The number of hydrogen-bond donors (Lipinski definition) is 0. The molecule has 0 N–H and O–H groups in total. The highest BCUT2D eigenvalue weighted by Gasteiger charge is 1.93. The summed E-state index contributed by atoms with van der Waals surface area (Å²) in [5.41, 5.74) is 1.08. The molecule has 0 radical (unpaired) electrons. The van der Waals surface area contributed by atoms with Crippen molar-refractivity contribution in [2.24, 2.45) is 0 Å². The van der Waals surface area contributed by atoms with Gasteiger partial charge in [0.2, 0.25) is 6.86 Å². The lowest BCUT2D eigenvalue weighted by molar-refractivity contribution is 0.191. The molecule has 0 saturated heterocycles. The predicted molar refractivity (Wildman–Crippen MR) is 45.7 cm³/mol. The standard InChI is InChI=1S/C8H8BrFO/c9-5-7-2-1-3-8(4-7)11-6-10/h1-4H,5-6H2. The average molecular weight is 219 g/mol. The molecular weight excluding hydrogens is 211 g/mol. The van der Waals surface area contributed by atoms with E-state index < -0.39 is 6.86 Å². The molecule has 0 aliphatic carbocycles. The van der Waals surface area contributed by atoms with Gasteiger partial charge in [-0.25, -0.2) is 4.39 Å². The molecule has 1 aromatic carbocycles. The Morgan fingerprint density at radius 2 is 2.27 bits per heavy atom. The number of hydrogen-bond acceptors (Lipinski definition) is 1. The molecule has 3 heteroatoms. The molecule has 0 aliphatic heterocycles. The molecule has 11 heavy (non-hydrogen) atoms. The van der Waals surface area contributed by atoms with Crippen LogP contribution < -0.4 is 4.74 Å². The monoisotopic (exact) mass is 218 g/mol. The number of benzene rings is 1. The maximum Gasteiger partial charge on any atom is 0.228 e. The van der Waals surface area contributed by atoms with E-state index in [9.17, 15) is 4.39 Å². The van der Waals surface area contributed by atoms with Gasteiger partial charge in [-0.3, -0.25) is 0 Å². The van der Waals surface area contributed by atoms with Crippen LogP contribution in [0.3, 0.4) is 0 Å². The number of alkyl halides is 2. The number of ether oxygens (including phenoxy) is 1. The second-order valence-corrected chi connectivity index (χ2v) is 2.60. The van der Waals surface area contributed by atoms with E-state index in [1.807, 2.05) is 12.1 Å². The van der Waals surface area contributed by atoms with E-state index in [0.29, 0.717) is 5.75 Å². The third-order valence-electron chi connectivity index (χ3n) is 1.27. The zero-order chi connectivity index (χ0) is 8.10. The van der Waals surface area contributed by atoms with Crippen LogP contribution >= 0.6 is 15.9 Å². The highest BCUT2D eigenvalue weighted by molar-refractivity contribution is 9.08. The van der Waals surface area contributed by atoms with Crippen LogP contribution in [-0.2, 0) is 5.33 Å². The van der Waals surface area contributed by atoms with E-state index in [4.69, 9.17) is 0 Å². The topological polar surface area (TPSA) is 9.23 Å². The minimum absolute atomic E-state index is 0.574. The third-order valence-corrected chi connectivity index (χ3v) is 1.92. The van der Waals surface area contributed by atoms with Crippen LogP contribution in [-0.4, -0.2) is 6.86 Å². The van der Waals surface area contributed by atoms with Crippen LogP contribution in [0.25, 0.3) is 0 Å². The maximum atomic E-state index is 11.7. The largest absolute Gasteiger partial charge is 0.463 e. The molecule has 60 valence electrons. The van der Waals surface area contributed by atoms with E-state index in [2.05, 4.69) is 20.7 Å². The lowest BCUT2D eigenvalue weighted by atomic mass is 10.2. The Balaban J connectivity index is 2.74. The molecule has 1 aromatic rings. The van der Waals surface area contributed by atoms with Crippen LogP contribution in [0.15, 0.2) is 24.3 Å². The quantitative estimate of drug-likeness (QED) is 0.710. The van der Waals surface area contributed by atoms with Gasteiger partial charge in [0.25, 0.3) is 0 Å². The molecule has 1 rings (SSSR count). The molecule has 0 heterocycles. The van der Waals surface area contributed by atoms with E-state index in [1.165, 1.54) is 0 Å². The van der Waals surface area contributed by atoms with Gasteiger partial charge in [-0.2, -0.15) is 0 Å². The highest BCUT2D eigenvalue weighted by atomic mass is 79.9. The number of rotatable bonds is 3. The van der Waals surface area contributed by atoms with Gasteiger partial charge in [0, 0.05) is 5.33 Å². The van der Waals surface area contributed by atoms with Crippen LogP contribution in [0.2, 0.25) is 0 Å². The van der Waals surface area contributed by atoms with Crippen molar-refractivity contribution in [2.75, 3.05) is 6.86 Å². The summed E-state index contributed by atoms with van der Waals surface area (Å²) in [7, 11) is 0. The van der Waals surface area contributed by atoms with Gasteiger partial charge in [0.15, 0.2) is 0 Å². The molecule has 0 atom stereocenters. The Kier molecular flexibility index (Phi) is 3.36. The van der Waals surface area contributed by atoms with Crippen molar-refractivity contribution in [3.63, 3.8) is 0 Å². The molecule has 0 aromatic heterocycles. The van der Waals surface area contributed by atoms with Gasteiger partial charge in [-0.05, 0) is 17.7 Å². The first kappa shape index (κ1) is 8.53. The van der Waals surface area contributed by atoms with Crippen molar-refractivity contribution in [3.05, 3.63) is 29.8 Å². The molecule has 0 spiro atoms. The van der Waals surface area contributed by atoms with Gasteiger partial charge < -0.3 is 4.74 Å². The van der Waals surface area contributed by atoms with Crippen LogP contribution in [0.4, 0.5) is 4.39 Å². The minimum atomic E-state index is -0.772. The summed E-state index contributed by atoms with van der Waals surface area (Å²) in [6.07, 6.45) is 0. The van der Waals surface area contributed by atoms with Crippen LogP contribution in [0.1, 0.15) is 5.56 Å². The first-order valence-electron chi connectivity index (χ1n) is 3.20. The van der Waals surface area contributed by atoms with Crippen molar-refractivity contribution in [1.29, 1.82) is 0 Å². The first-order chi connectivity index (χ1) is 5.36. The Bertz CT molecular complexity index is 227. The van der Waals surface area contributed by atoms with Crippen molar-refractivity contribution < 1.29 is 9.13 Å². The molecular formula is C8H8BrFO. The van der Waals surface area contributed by atoms with Gasteiger partial charge in [-0.1, -0.05) is 28.1 Å². The van der Waals surface area contributed by atoms with E-state index in [-0.39, 0.29) is 0 Å². The summed E-state index contributed by atoms with van der Waals surface area (Å²) in [6.45, 7) is -0.772. The lowest BCUT2D eigenvalue weighted by Crippen LogP contribution is -1.90. The molecule has 0 saturated carbocycles. The molecule has 0 fully saturated rings. The summed E-state index contributed by atoms with van der Waals surface area (Å²) < 4.78 is 16.3. The Hall–Kier alpha value is -0.570. The summed E-state index contributed by atoms with van der Waals surface area (Å²) >= 11 is 3.29. The first-order valence-corrected chi connectivity index (χ1v) is 4.32. The van der Waals surface area contributed by atoms with Gasteiger partial charge >= 0.3 is 0 Å². The normalized spacial score (nSPS) is 9.64. The highest BCUT2D eigenvalue weighted by Crippen LogP contribution is 2.15. The SMILES string of the molecule is FCOc1cccc(CBr)c1. The van der Waals surface area contributed by atoms with Crippen molar-refractivity contribution in [3.8, 4) is 5.75 Å². The minimum Gasteiger partial charge on any atom is -0.463 e. The Morgan fingerprint density at radius 1 is 1.45 bits per heavy atom. The van der Waals surface area contributed by atoms with Gasteiger partial charge in [0.05, 0.1) is 0 Å². The van der Waals surface area contributed by atoms with Crippen molar-refractivity contribution in [1.82, 2.24) is 0 Å². The summed E-state index contributed by atoms with van der Waals surface area (Å²) in [6, 6.07) is 7.31. The fourth-order valence-corrected chi connectivity index (χ4v) is 1.13. The van der Waals surface area contributed by atoms with E-state index in [0.717, 1.165) is 10.9 Å². The van der Waals surface area contributed by atoms with Gasteiger partial charge in [0.1, 0.15) is 5.75 Å². The summed E-state index contributed by atoms with van der Waals surface area (Å²) in [5.74, 6) is 0.574. The van der Waals surface area contributed by atoms with Crippen LogP contribution in [0.5, 0.6) is 5.75 Å². The third kappa shape index (κ3) is 2.50. The zero-order valence-electron chi connectivity index (χ0n) is 5.89. The molecule has 0 amide bonds. The Morgan fingerprint density at radius 3 is 2.91 bits per heavy atom. The zero-order valence-corrected chi connectivity index (χ0v) is 7.47.